The lowest BCUT2D eigenvalue weighted by molar-refractivity contribution is -0.157. The number of rotatable bonds is 28. The lowest BCUT2D eigenvalue weighted by Crippen LogP contribution is -2.28. The number of esters is 2. The van der Waals surface area contributed by atoms with Crippen LogP contribution in [0.25, 0.3) is 0 Å². The van der Waals surface area contributed by atoms with Gasteiger partial charge in [-0.15, -0.1) is 0 Å². The van der Waals surface area contributed by atoms with Crippen molar-refractivity contribution in [1.29, 1.82) is 0 Å². The average molecular weight is 797 g/mol. The van der Waals surface area contributed by atoms with Crippen molar-refractivity contribution in [2.75, 3.05) is 18.1 Å². The molecule has 6 nitrogen and oxygen atoms in total. The molecule has 0 bridgehead atoms. The molecule has 0 saturated carbocycles. The minimum atomic E-state index is -0.521. The van der Waals surface area contributed by atoms with Gasteiger partial charge in [0.1, 0.15) is 24.2 Å². The topological polar surface area (TPSA) is 93.1 Å². The van der Waals surface area contributed by atoms with E-state index in [2.05, 4.69) is 48.5 Å². The van der Waals surface area contributed by atoms with Crippen LogP contribution < -0.4 is 0 Å². The molecule has 2 rings (SSSR count). The highest BCUT2D eigenvalue weighted by atomic mass is 32.2. The van der Waals surface area contributed by atoms with Crippen molar-refractivity contribution in [1.82, 2.24) is 0 Å². The molecule has 0 heterocycles. The van der Waals surface area contributed by atoms with Crippen molar-refractivity contribution in [3.8, 4) is 11.5 Å². The van der Waals surface area contributed by atoms with E-state index in [0.29, 0.717) is 30.1 Å². The molecule has 2 N–H and O–H groups in total. The molecule has 0 fully saturated rings. The Kier molecular flexibility index (Phi) is 23.3. The van der Waals surface area contributed by atoms with Crippen LogP contribution in [0.15, 0.2) is 24.3 Å². The molecule has 0 radical (unpaired) electrons. The first-order valence-electron chi connectivity index (χ1n) is 22.1. The van der Waals surface area contributed by atoms with Gasteiger partial charge in [-0.05, 0) is 83.1 Å². The summed E-state index contributed by atoms with van der Waals surface area (Å²) >= 11 is 1.76. The number of phenols is 2. The molecule has 0 aromatic heterocycles. The van der Waals surface area contributed by atoms with Crippen molar-refractivity contribution in [3.63, 3.8) is 0 Å². The van der Waals surface area contributed by atoms with Crippen LogP contribution in [0, 0.1) is 13.8 Å². The fourth-order valence-corrected chi connectivity index (χ4v) is 8.22. The third kappa shape index (κ3) is 20.1. The van der Waals surface area contributed by atoms with Crippen LogP contribution in [0.2, 0.25) is 0 Å². The predicted octanol–water partition coefficient (Wildman–Crippen LogP) is 13.3. The zero-order valence-electron chi connectivity index (χ0n) is 37.1. The Morgan fingerprint density at radius 3 is 1.41 bits per heavy atom. The van der Waals surface area contributed by atoms with E-state index >= 15 is 0 Å². The third-order valence-corrected chi connectivity index (χ3v) is 11.9. The van der Waals surface area contributed by atoms with Crippen LogP contribution in [0.4, 0.5) is 0 Å². The van der Waals surface area contributed by atoms with Crippen LogP contribution >= 0.6 is 11.8 Å². The second-order valence-corrected chi connectivity index (χ2v) is 19.4. The van der Waals surface area contributed by atoms with Gasteiger partial charge in [-0.3, -0.25) is 9.59 Å². The number of hydrogen-bond acceptors (Lipinski definition) is 7. The standard InChI is InChI=1S/C49H80O6S/c1-10-11-12-13-14-15-16-17-18-19-20-21-22-23-24-25-30-56-36-41(55-45(51)29-27-40-32-38(3)47(53)43(34-40)49(7,8)9)35-54-44(50)28-26-39-31-37(2)46(52)42(33-39)48(4,5)6/h31-34,41,52-53H,10-30,35-36H2,1-9H3. The van der Waals surface area contributed by atoms with Gasteiger partial charge < -0.3 is 19.7 Å². The van der Waals surface area contributed by atoms with E-state index < -0.39 is 6.10 Å². The van der Waals surface area contributed by atoms with Crippen LogP contribution in [-0.4, -0.2) is 46.4 Å². The quantitative estimate of drug-likeness (QED) is 0.0654. The Bertz CT molecular complexity index is 1440. The van der Waals surface area contributed by atoms with Gasteiger partial charge in [0.25, 0.3) is 0 Å². The number of carbonyl (C=O) groups excluding carboxylic acids is 2. The largest absolute Gasteiger partial charge is 0.507 e. The third-order valence-electron chi connectivity index (χ3n) is 10.7. The van der Waals surface area contributed by atoms with Gasteiger partial charge in [-0.1, -0.05) is 169 Å². The SMILES string of the molecule is CCCCCCCCCCCCCCCCCCSCC(COC(=O)CCc1cc(C)c(O)c(C(C)(C)C)c1)OC(=O)CCc1cc(C)c(O)c(C(C)(C)C)c1. The molecule has 1 atom stereocenters. The Morgan fingerprint density at radius 2 is 1.00 bits per heavy atom. The lowest BCUT2D eigenvalue weighted by Gasteiger charge is -2.23. The molecule has 0 aliphatic rings. The molecular formula is C49H80O6S. The molecule has 0 aliphatic heterocycles. The second-order valence-electron chi connectivity index (χ2n) is 18.3. The van der Waals surface area contributed by atoms with Gasteiger partial charge in [0.15, 0.2) is 0 Å². The molecule has 318 valence electrons. The Balaban J connectivity index is 1.81. The lowest BCUT2D eigenvalue weighted by atomic mass is 9.83. The van der Waals surface area contributed by atoms with E-state index in [9.17, 15) is 19.8 Å². The number of hydrogen-bond donors (Lipinski definition) is 2. The summed E-state index contributed by atoms with van der Waals surface area (Å²) < 4.78 is 11.6. The number of ether oxygens (including phenoxy) is 2. The number of aryl methyl sites for hydroxylation is 4. The van der Waals surface area contributed by atoms with Gasteiger partial charge in [-0.2, -0.15) is 11.8 Å². The number of carbonyl (C=O) groups is 2. The van der Waals surface area contributed by atoms with Crippen molar-refractivity contribution >= 4 is 23.7 Å². The number of unbranched alkanes of at least 4 members (excludes halogenated alkanes) is 15. The summed E-state index contributed by atoms with van der Waals surface area (Å²) in [6, 6.07) is 7.83. The number of thioether (sulfide) groups is 1. The molecule has 0 spiro atoms. The normalized spacial score (nSPS) is 12.5. The Morgan fingerprint density at radius 1 is 0.607 bits per heavy atom. The smallest absolute Gasteiger partial charge is 0.306 e. The Hall–Kier alpha value is -2.67. The molecule has 0 amide bonds. The highest BCUT2D eigenvalue weighted by Gasteiger charge is 2.23. The average Bonchev–Trinajstić information content (AvgIpc) is 3.13. The van der Waals surface area contributed by atoms with Gasteiger partial charge in [0.05, 0.1) is 0 Å². The molecule has 56 heavy (non-hydrogen) atoms. The van der Waals surface area contributed by atoms with E-state index in [1.807, 2.05) is 38.1 Å². The van der Waals surface area contributed by atoms with Crippen molar-refractivity contribution in [2.24, 2.45) is 0 Å². The minimum absolute atomic E-state index is 0.0326. The van der Waals surface area contributed by atoms with Crippen molar-refractivity contribution in [2.45, 2.75) is 208 Å². The van der Waals surface area contributed by atoms with E-state index in [1.165, 1.54) is 96.3 Å². The van der Waals surface area contributed by atoms with Crippen LogP contribution in [0.3, 0.4) is 0 Å². The molecule has 2 aromatic rings. The summed E-state index contributed by atoms with van der Waals surface area (Å²) in [7, 11) is 0. The Labute approximate surface area is 346 Å². The summed E-state index contributed by atoms with van der Waals surface area (Å²) in [5, 5.41) is 21.2. The molecule has 0 aliphatic carbocycles. The van der Waals surface area contributed by atoms with Crippen LogP contribution in [-0.2, 0) is 42.7 Å². The summed E-state index contributed by atoms with van der Waals surface area (Å²) in [6.07, 6.45) is 22.4. The maximum Gasteiger partial charge on any atom is 0.306 e. The van der Waals surface area contributed by atoms with Gasteiger partial charge in [0, 0.05) is 18.6 Å². The maximum atomic E-state index is 13.1. The van der Waals surface area contributed by atoms with Crippen molar-refractivity contribution < 1.29 is 29.3 Å². The first kappa shape index (κ1) is 49.5. The van der Waals surface area contributed by atoms with E-state index in [4.69, 9.17) is 9.47 Å². The van der Waals surface area contributed by atoms with Crippen molar-refractivity contribution in [3.05, 3.63) is 57.6 Å². The van der Waals surface area contributed by atoms with Gasteiger partial charge >= 0.3 is 11.9 Å². The molecular weight excluding hydrogens is 717 g/mol. The summed E-state index contributed by atoms with van der Waals surface area (Å²) in [5.74, 6) is 1.54. The zero-order valence-corrected chi connectivity index (χ0v) is 37.9. The molecule has 1 unspecified atom stereocenters. The fraction of sp³-hybridized carbons (Fsp3) is 0.714. The van der Waals surface area contributed by atoms with E-state index in [0.717, 1.165) is 45.6 Å². The minimum Gasteiger partial charge on any atom is -0.507 e. The van der Waals surface area contributed by atoms with Gasteiger partial charge in [-0.25, -0.2) is 0 Å². The number of aromatic hydroxyl groups is 2. The van der Waals surface area contributed by atoms with Crippen LogP contribution in [0.1, 0.15) is 197 Å². The summed E-state index contributed by atoms with van der Waals surface area (Å²) in [6.45, 7) is 18.5. The zero-order chi connectivity index (χ0) is 41.6. The van der Waals surface area contributed by atoms with E-state index in [-0.39, 0.29) is 42.2 Å². The van der Waals surface area contributed by atoms with Gasteiger partial charge in [0.2, 0.25) is 0 Å². The molecule has 7 heteroatoms. The van der Waals surface area contributed by atoms with E-state index in [1.54, 1.807) is 11.8 Å². The first-order chi connectivity index (χ1) is 26.5. The molecule has 0 saturated heterocycles. The summed E-state index contributed by atoms with van der Waals surface area (Å²) in [5.41, 5.74) is 4.86. The summed E-state index contributed by atoms with van der Waals surface area (Å²) in [4.78, 5) is 26.1. The highest BCUT2D eigenvalue weighted by molar-refractivity contribution is 7.99. The first-order valence-corrected chi connectivity index (χ1v) is 23.3. The fourth-order valence-electron chi connectivity index (χ4n) is 7.22. The molecule has 2 aromatic carbocycles. The second kappa shape index (κ2) is 26.4. The number of benzene rings is 2. The maximum absolute atomic E-state index is 13.1. The highest BCUT2D eigenvalue weighted by Crippen LogP contribution is 2.35. The number of phenolic OH excluding ortho intramolecular Hbond substituents is 2. The monoisotopic (exact) mass is 797 g/mol. The van der Waals surface area contributed by atoms with Crippen LogP contribution in [0.5, 0.6) is 11.5 Å². The predicted molar refractivity (Wildman–Crippen MR) is 237 cm³/mol.